The van der Waals surface area contributed by atoms with Crippen LogP contribution in [-0.4, -0.2) is 11.5 Å². The summed E-state index contributed by atoms with van der Waals surface area (Å²) in [5.74, 6) is 0.658. The van der Waals surface area contributed by atoms with Crippen LogP contribution < -0.4 is 11.1 Å². The van der Waals surface area contributed by atoms with Crippen molar-refractivity contribution in [2.45, 2.75) is 33.7 Å². The summed E-state index contributed by atoms with van der Waals surface area (Å²) in [6.07, 6.45) is 1.14. The zero-order valence-corrected chi connectivity index (χ0v) is 9.22. The number of rotatable bonds is 4. The van der Waals surface area contributed by atoms with Gasteiger partial charge >= 0.3 is 0 Å². The minimum absolute atomic E-state index is 0.658. The molecule has 78 valence electrons. The van der Waals surface area contributed by atoms with Crippen LogP contribution in [0.25, 0.3) is 0 Å². The highest BCUT2D eigenvalue weighted by molar-refractivity contribution is 5.45. The van der Waals surface area contributed by atoms with Gasteiger partial charge in [0.2, 0.25) is 0 Å². The first-order valence-electron chi connectivity index (χ1n) is 5.08. The maximum absolute atomic E-state index is 5.85. The average Bonchev–Trinajstić information content (AvgIpc) is 2.09. The van der Waals surface area contributed by atoms with Crippen LogP contribution in [0.4, 0.5) is 5.82 Å². The van der Waals surface area contributed by atoms with Gasteiger partial charge in [-0.05, 0) is 38.4 Å². The van der Waals surface area contributed by atoms with Gasteiger partial charge in [0.25, 0.3) is 0 Å². The van der Waals surface area contributed by atoms with E-state index in [0.29, 0.717) is 5.82 Å². The standard InChI is InChI=1S/C11H19N3/c1-4-5-13-7-10-8(2)6-9(3)14-11(10)12/h6,13H,4-5,7H2,1-3H3,(H2,12,14). The molecule has 1 aromatic heterocycles. The maximum atomic E-state index is 5.85. The Kier molecular flexibility index (Phi) is 3.89. The molecular weight excluding hydrogens is 174 g/mol. The molecule has 0 radical (unpaired) electrons. The summed E-state index contributed by atoms with van der Waals surface area (Å²) in [5, 5.41) is 3.33. The van der Waals surface area contributed by atoms with Gasteiger partial charge in [0.15, 0.2) is 0 Å². The minimum Gasteiger partial charge on any atom is -0.383 e. The number of hydrogen-bond donors (Lipinski definition) is 2. The molecule has 0 atom stereocenters. The van der Waals surface area contributed by atoms with Crippen LogP contribution in [0.3, 0.4) is 0 Å². The molecule has 14 heavy (non-hydrogen) atoms. The second kappa shape index (κ2) is 4.96. The van der Waals surface area contributed by atoms with E-state index in [1.807, 2.05) is 6.92 Å². The van der Waals surface area contributed by atoms with Crippen molar-refractivity contribution in [3.8, 4) is 0 Å². The lowest BCUT2D eigenvalue weighted by molar-refractivity contribution is 0.672. The molecule has 3 heteroatoms. The Hall–Kier alpha value is -1.09. The molecule has 3 nitrogen and oxygen atoms in total. The third-order valence-corrected chi connectivity index (χ3v) is 2.24. The molecule has 3 N–H and O–H groups in total. The number of aromatic nitrogens is 1. The van der Waals surface area contributed by atoms with Crippen molar-refractivity contribution in [1.82, 2.24) is 10.3 Å². The summed E-state index contributed by atoms with van der Waals surface area (Å²) in [5.41, 5.74) is 9.19. The molecule has 0 aliphatic carbocycles. The molecule has 0 fully saturated rings. The van der Waals surface area contributed by atoms with E-state index in [1.165, 1.54) is 5.56 Å². The molecular formula is C11H19N3. The van der Waals surface area contributed by atoms with Crippen LogP contribution in [0.15, 0.2) is 6.07 Å². The molecule has 0 unspecified atom stereocenters. The normalized spacial score (nSPS) is 10.5. The van der Waals surface area contributed by atoms with Crippen molar-refractivity contribution in [2.75, 3.05) is 12.3 Å². The fraction of sp³-hybridized carbons (Fsp3) is 0.545. The van der Waals surface area contributed by atoms with Gasteiger partial charge < -0.3 is 11.1 Å². The Balaban J connectivity index is 2.75. The van der Waals surface area contributed by atoms with Crippen LogP contribution in [0, 0.1) is 13.8 Å². The SMILES string of the molecule is CCCNCc1c(C)cc(C)nc1N. The van der Waals surface area contributed by atoms with E-state index in [0.717, 1.165) is 30.8 Å². The number of pyridine rings is 1. The van der Waals surface area contributed by atoms with Gasteiger partial charge in [-0.15, -0.1) is 0 Å². The predicted octanol–water partition coefficient (Wildman–Crippen LogP) is 1.78. The topological polar surface area (TPSA) is 50.9 Å². The quantitative estimate of drug-likeness (QED) is 0.717. The predicted molar refractivity (Wildman–Crippen MR) is 60.1 cm³/mol. The van der Waals surface area contributed by atoms with Gasteiger partial charge in [-0.1, -0.05) is 6.92 Å². The first-order chi connectivity index (χ1) is 6.65. The van der Waals surface area contributed by atoms with Crippen LogP contribution in [0.5, 0.6) is 0 Å². The summed E-state index contributed by atoms with van der Waals surface area (Å²) < 4.78 is 0. The third kappa shape index (κ3) is 2.70. The van der Waals surface area contributed by atoms with Crippen LogP contribution >= 0.6 is 0 Å². The highest BCUT2D eigenvalue weighted by atomic mass is 14.9. The minimum atomic E-state index is 0.658. The lowest BCUT2D eigenvalue weighted by Gasteiger charge is -2.10. The molecule has 1 aromatic rings. The number of nitrogen functional groups attached to an aromatic ring is 1. The second-order valence-electron chi connectivity index (χ2n) is 3.62. The van der Waals surface area contributed by atoms with Crippen molar-refractivity contribution in [2.24, 2.45) is 0 Å². The summed E-state index contributed by atoms with van der Waals surface area (Å²) >= 11 is 0. The lowest BCUT2D eigenvalue weighted by atomic mass is 10.1. The van der Waals surface area contributed by atoms with E-state index in [4.69, 9.17) is 5.73 Å². The average molecular weight is 193 g/mol. The zero-order valence-electron chi connectivity index (χ0n) is 9.22. The van der Waals surface area contributed by atoms with E-state index < -0.39 is 0 Å². The van der Waals surface area contributed by atoms with Crippen molar-refractivity contribution in [3.05, 3.63) is 22.9 Å². The van der Waals surface area contributed by atoms with E-state index >= 15 is 0 Å². The van der Waals surface area contributed by atoms with Gasteiger partial charge in [-0.3, -0.25) is 0 Å². The first-order valence-corrected chi connectivity index (χ1v) is 5.08. The number of hydrogen-bond acceptors (Lipinski definition) is 3. The van der Waals surface area contributed by atoms with Crippen molar-refractivity contribution < 1.29 is 0 Å². The van der Waals surface area contributed by atoms with Gasteiger partial charge in [0, 0.05) is 17.8 Å². The van der Waals surface area contributed by atoms with Crippen LogP contribution in [0.1, 0.15) is 30.2 Å². The number of nitrogens with zero attached hydrogens (tertiary/aromatic N) is 1. The molecule has 0 saturated heterocycles. The summed E-state index contributed by atoms with van der Waals surface area (Å²) in [6.45, 7) is 8.03. The van der Waals surface area contributed by atoms with E-state index in [2.05, 4.69) is 30.2 Å². The van der Waals surface area contributed by atoms with E-state index in [9.17, 15) is 0 Å². The molecule has 1 heterocycles. The van der Waals surface area contributed by atoms with Gasteiger partial charge in [-0.25, -0.2) is 4.98 Å². The lowest BCUT2D eigenvalue weighted by Crippen LogP contribution is -2.16. The van der Waals surface area contributed by atoms with Crippen LogP contribution in [-0.2, 0) is 6.54 Å². The summed E-state index contributed by atoms with van der Waals surface area (Å²) in [6, 6.07) is 2.07. The molecule has 0 saturated carbocycles. The van der Waals surface area contributed by atoms with E-state index in [1.54, 1.807) is 0 Å². The van der Waals surface area contributed by atoms with Crippen molar-refractivity contribution in [1.29, 1.82) is 0 Å². The maximum Gasteiger partial charge on any atom is 0.128 e. The summed E-state index contributed by atoms with van der Waals surface area (Å²) in [7, 11) is 0. The van der Waals surface area contributed by atoms with Crippen LogP contribution in [0.2, 0.25) is 0 Å². The first kappa shape index (κ1) is 11.0. The Morgan fingerprint density at radius 2 is 2.14 bits per heavy atom. The highest BCUT2D eigenvalue weighted by Gasteiger charge is 2.04. The molecule has 0 bridgehead atoms. The molecule has 0 aromatic carbocycles. The molecule has 0 aliphatic heterocycles. The zero-order chi connectivity index (χ0) is 10.6. The molecule has 0 amide bonds. The third-order valence-electron chi connectivity index (χ3n) is 2.24. The molecule has 0 spiro atoms. The summed E-state index contributed by atoms with van der Waals surface area (Å²) in [4.78, 5) is 4.25. The Labute approximate surface area is 85.7 Å². The van der Waals surface area contributed by atoms with Gasteiger partial charge in [-0.2, -0.15) is 0 Å². The second-order valence-corrected chi connectivity index (χ2v) is 3.62. The number of nitrogens with two attached hydrogens (primary N) is 1. The fourth-order valence-electron chi connectivity index (χ4n) is 1.51. The largest absolute Gasteiger partial charge is 0.383 e. The van der Waals surface area contributed by atoms with Gasteiger partial charge in [0.1, 0.15) is 5.82 Å². The number of nitrogens with one attached hydrogen (secondary N) is 1. The van der Waals surface area contributed by atoms with Gasteiger partial charge in [0.05, 0.1) is 0 Å². The fourth-order valence-corrected chi connectivity index (χ4v) is 1.51. The monoisotopic (exact) mass is 193 g/mol. The number of anilines is 1. The number of aryl methyl sites for hydroxylation is 2. The Morgan fingerprint density at radius 3 is 2.71 bits per heavy atom. The Bertz CT molecular complexity index is 284. The molecule has 1 rings (SSSR count). The van der Waals surface area contributed by atoms with E-state index in [-0.39, 0.29) is 0 Å². The highest BCUT2D eigenvalue weighted by Crippen LogP contribution is 2.15. The van der Waals surface area contributed by atoms with Crippen molar-refractivity contribution in [3.63, 3.8) is 0 Å². The smallest absolute Gasteiger partial charge is 0.128 e. The Morgan fingerprint density at radius 1 is 1.43 bits per heavy atom. The van der Waals surface area contributed by atoms with Crippen molar-refractivity contribution >= 4 is 5.82 Å². The molecule has 0 aliphatic rings.